The Labute approximate surface area is 115 Å². The summed E-state index contributed by atoms with van der Waals surface area (Å²) in [6.45, 7) is -0.559. The summed E-state index contributed by atoms with van der Waals surface area (Å²) in [5, 5.41) is 26.4. The van der Waals surface area contributed by atoms with E-state index < -0.39 is 18.7 Å². The molecular weight excluding hydrogens is 223 g/mol. The molecule has 0 saturated carbocycles. The van der Waals surface area contributed by atoms with Crippen molar-refractivity contribution in [1.82, 2.24) is 0 Å². The Morgan fingerprint density at radius 1 is 1.38 bits per heavy atom. The van der Waals surface area contributed by atoms with Gasteiger partial charge in [0.15, 0.2) is 0 Å². The summed E-state index contributed by atoms with van der Waals surface area (Å²) in [5.41, 5.74) is 0.0302. The van der Waals surface area contributed by atoms with E-state index in [0.29, 0.717) is 0 Å². The third-order valence-corrected chi connectivity index (χ3v) is 1.76. The van der Waals surface area contributed by atoms with Crippen LogP contribution in [0.5, 0.6) is 5.75 Å². The second kappa shape index (κ2) is 7.65. The van der Waals surface area contributed by atoms with E-state index in [4.69, 9.17) is 20.1 Å². The summed E-state index contributed by atoms with van der Waals surface area (Å²) in [6.07, 6.45) is -1.01. The molecule has 0 aliphatic carbocycles. The standard InChI is InChI=1S/C10H12O5.Na/c11-5-7(12)6-15-9-4-2-1-3-8(9)10(13)14;/h1-4,7,11-12H,5-6H2,(H,13,14);. The summed E-state index contributed by atoms with van der Waals surface area (Å²) in [5.74, 6) is -0.915. The number of rotatable bonds is 5. The smallest absolute Gasteiger partial charge is 0.339 e. The predicted octanol–water partition coefficient (Wildman–Crippen LogP) is -0.264. The van der Waals surface area contributed by atoms with Crippen LogP contribution in [-0.2, 0) is 0 Å². The van der Waals surface area contributed by atoms with Crippen molar-refractivity contribution in [2.24, 2.45) is 0 Å². The Morgan fingerprint density at radius 3 is 2.56 bits per heavy atom. The maximum absolute atomic E-state index is 10.7. The Kier molecular flexibility index (Phi) is 7.36. The van der Waals surface area contributed by atoms with E-state index in [2.05, 4.69) is 0 Å². The van der Waals surface area contributed by atoms with Crippen molar-refractivity contribution < 1.29 is 24.9 Å². The van der Waals surface area contributed by atoms with Crippen LogP contribution in [0.3, 0.4) is 0 Å². The maximum atomic E-state index is 10.7. The number of aromatic carboxylic acids is 1. The molecule has 16 heavy (non-hydrogen) atoms. The van der Waals surface area contributed by atoms with E-state index in [1.54, 1.807) is 12.1 Å². The molecular formula is C10H12NaO5. The quantitative estimate of drug-likeness (QED) is 0.612. The van der Waals surface area contributed by atoms with E-state index in [9.17, 15) is 4.79 Å². The first kappa shape index (κ1) is 15.4. The van der Waals surface area contributed by atoms with Gasteiger partial charge in [-0.25, -0.2) is 4.79 Å². The number of carbonyl (C=O) groups is 1. The minimum absolute atomic E-state index is 0. The Bertz CT molecular complexity index is 342. The van der Waals surface area contributed by atoms with Gasteiger partial charge in [0.2, 0.25) is 0 Å². The molecule has 1 aromatic carbocycles. The molecule has 1 rings (SSSR count). The topological polar surface area (TPSA) is 87.0 Å². The van der Waals surface area contributed by atoms with E-state index >= 15 is 0 Å². The largest absolute Gasteiger partial charge is 0.490 e. The van der Waals surface area contributed by atoms with Crippen molar-refractivity contribution >= 4 is 35.5 Å². The molecule has 0 aliphatic rings. The number of carboxylic acids is 1. The molecule has 0 aliphatic heterocycles. The van der Waals surface area contributed by atoms with Crippen molar-refractivity contribution in [3.63, 3.8) is 0 Å². The van der Waals surface area contributed by atoms with Crippen molar-refractivity contribution in [3.8, 4) is 5.75 Å². The monoisotopic (exact) mass is 235 g/mol. The third kappa shape index (κ3) is 4.51. The number of carboxylic acid groups (broad SMARTS) is 1. The van der Waals surface area contributed by atoms with Gasteiger partial charge in [-0.05, 0) is 12.1 Å². The fourth-order valence-corrected chi connectivity index (χ4v) is 1.01. The van der Waals surface area contributed by atoms with Crippen LogP contribution in [0.4, 0.5) is 0 Å². The van der Waals surface area contributed by atoms with E-state index in [0.717, 1.165) is 0 Å². The summed E-state index contributed by atoms with van der Waals surface area (Å²) in [7, 11) is 0. The van der Waals surface area contributed by atoms with Crippen molar-refractivity contribution in [2.75, 3.05) is 13.2 Å². The molecule has 0 bridgehead atoms. The summed E-state index contributed by atoms with van der Waals surface area (Å²) >= 11 is 0. The van der Waals surface area contributed by atoms with Crippen LogP contribution in [0.2, 0.25) is 0 Å². The molecule has 5 nitrogen and oxygen atoms in total. The first-order valence-corrected chi connectivity index (χ1v) is 4.39. The van der Waals surface area contributed by atoms with Gasteiger partial charge in [-0.3, -0.25) is 0 Å². The van der Waals surface area contributed by atoms with Crippen LogP contribution in [0.25, 0.3) is 0 Å². The van der Waals surface area contributed by atoms with E-state index in [1.165, 1.54) is 12.1 Å². The van der Waals surface area contributed by atoms with Crippen LogP contribution in [0.15, 0.2) is 24.3 Å². The van der Waals surface area contributed by atoms with E-state index in [-0.39, 0.29) is 47.5 Å². The van der Waals surface area contributed by atoms with Gasteiger partial charge in [0.05, 0.1) is 6.61 Å². The minimum atomic E-state index is -1.09. The number of aliphatic hydroxyl groups is 2. The van der Waals surface area contributed by atoms with Crippen molar-refractivity contribution in [3.05, 3.63) is 29.8 Å². The van der Waals surface area contributed by atoms with Gasteiger partial charge in [0.25, 0.3) is 0 Å². The number of para-hydroxylation sites is 1. The SMILES string of the molecule is O=C(O)c1ccccc1OCC(O)CO.[Na]. The van der Waals surface area contributed by atoms with Gasteiger partial charge in [0.1, 0.15) is 24.0 Å². The summed E-state index contributed by atoms with van der Waals surface area (Å²) < 4.78 is 5.06. The van der Waals surface area contributed by atoms with Crippen LogP contribution in [0.1, 0.15) is 10.4 Å². The fourth-order valence-electron chi connectivity index (χ4n) is 1.01. The molecule has 83 valence electrons. The Morgan fingerprint density at radius 2 is 2.00 bits per heavy atom. The zero-order chi connectivity index (χ0) is 11.3. The summed E-state index contributed by atoms with van der Waals surface area (Å²) in [4.78, 5) is 10.7. The second-order valence-corrected chi connectivity index (χ2v) is 2.95. The normalized spacial score (nSPS) is 11.4. The molecule has 1 atom stereocenters. The van der Waals surface area contributed by atoms with Gasteiger partial charge in [-0.2, -0.15) is 0 Å². The molecule has 0 saturated heterocycles. The number of hydrogen-bond donors (Lipinski definition) is 3. The zero-order valence-electron chi connectivity index (χ0n) is 8.96. The molecule has 0 amide bonds. The first-order valence-electron chi connectivity index (χ1n) is 4.39. The average Bonchev–Trinajstić information content (AvgIpc) is 2.26. The molecule has 0 heterocycles. The van der Waals surface area contributed by atoms with Gasteiger partial charge in [0, 0.05) is 29.6 Å². The first-order chi connectivity index (χ1) is 7.15. The summed E-state index contributed by atoms with van der Waals surface area (Å²) in [6, 6.07) is 6.11. The molecule has 1 unspecified atom stereocenters. The number of hydrogen-bond acceptors (Lipinski definition) is 4. The Balaban J connectivity index is 0.00000225. The van der Waals surface area contributed by atoms with Crippen molar-refractivity contribution in [1.29, 1.82) is 0 Å². The van der Waals surface area contributed by atoms with Crippen LogP contribution < -0.4 is 4.74 Å². The minimum Gasteiger partial charge on any atom is -0.490 e. The van der Waals surface area contributed by atoms with Crippen LogP contribution in [-0.4, -0.2) is 70.2 Å². The Hall–Kier alpha value is -0.590. The predicted molar refractivity (Wildman–Crippen MR) is 57.7 cm³/mol. The van der Waals surface area contributed by atoms with E-state index in [1.807, 2.05) is 0 Å². The zero-order valence-corrected chi connectivity index (χ0v) is 11.0. The third-order valence-electron chi connectivity index (χ3n) is 1.76. The van der Waals surface area contributed by atoms with Gasteiger partial charge < -0.3 is 20.1 Å². The number of aliphatic hydroxyl groups excluding tert-OH is 2. The van der Waals surface area contributed by atoms with Gasteiger partial charge >= 0.3 is 5.97 Å². The van der Waals surface area contributed by atoms with Gasteiger partial charge in [-0.15, -0.1) is 0 Å². The molecule has 1 radical (unpaired) electrons. The molecule has 1 aromatic rings. The maximum Gasteiger partial charge on any atom is 0.339 e. The van der Waals surface area contributed by atoms with Crippen molar-refractivity contribution in [2.45, 2.75) is 6.10 Å². The molecule has 0 aromatic heterocycles. The van der Waals surface area contributed by atoms with Gasteiger partial charge in [-0.1, -0.05) is 12.1 Å². The molecule has 0 spiro atoms. The molecule has 6 heteroatoms. The number of ether oxygens (including phenoxy) is 1. The average molecular weight is 235 g/mol. The second-order valence-electron chi connectivity index (χ2n) is 2.95. The van der Waals surface area contributed by atoms with Crippen LogP contribution in [0, 0.1) is 0 Å². The number of benzene rings is 1. The fraction of sp³-hybridized carbons (Fsp3) is 0.300. The molecule has 3 N–H and O–H groups in total. The van der Waals surface area contributed by atoms with Crippen LogP contribution >= 0.6 is 0 Å². The molecule has 0 fully saturated rings.